The van der Waals surface area contributed by atoms with E-state index in [4.69, 9.17) is 10.8 Å². The molecule has 0 saturated heterocycles. The third kappa shape index (κ3) is 4.24. The van der Waals surface area contributed by atoms with Crippen molar-refractivity contribution in [2.45, 2.75) is 32.9 Å². The number of rotatable bonds is 4. The average molecular weight is 188 g/mol. The highest BCUT2D eigenvalue weighted by Crippen LogP contribution is 2.02. The molecular formula is C9H20N2O2. The summed E-state index contributed by atoms with van der Waals surface area (Å²) in [4.78, 5) is 13.0. The van der Waals surface area contributed by atoms with Gasteiger partial charge in [0.15, 0.2) is 0 Å². The number of likely N-dealkylation sites (N-methyl/N-ethyl adjacent to an activating group) is 1. The normalized spacial score (nSPS) is 15.6. The Morgan fingerprint density at radius 2 is 1.92 bits per heavy atom. The van der Waals surface area contributed by atoms with Crippen LogP contribution in [0.15, 0.2) is 0 Å². The third-order valence-corrected chi connectivity index (χ3v) is 1.92. The molecule has 0 fully saturated rings. The number of hydrogen-bond donors (Lipinski definition) is 2. The number of amides is 1. The third-order valence-electron chi connectivity index (χ3n) is 1.92. The van der Waals surface area contributed by atoms with Gasteiger partial charge in [0.2, 0.25) is 5.91 Å². The van der Waals surface area contributed by atoms with Crippen molar-refractivity contribution in [2.24, 2.45) is 11.7 Å². The lowest BCUT2D eigenvalue weighted by atomic mass is 10.0. The molecule has 4 heteroatoms. The van der Waals surface area contributed by atoms with Crippen molar-refractivity contribution >= 4 is 5.91 Å². The summed E-state index contributed by atoms with van der Waals surface area (Å²) in [5.41, 5.74) is 5.66. The molecule has 1 unspecified atom stereocenters. The van der Waals surface area contributed by atoms with Gasteiger partial charge in [-0.05, 0) is 12.8 Å². The first-order valence-electron chi connectivity index (χ1n) is 4.55. The van der Waals surface area contributed by atoms with Gasteiger partial charge in [0.05, 0.1) is 12.1 Å². The molecule has 1 amide bonds. The van der Waals surface area contributed by atoms with Crippen LogP contribution in [0, 0.1) is 5.92 Å². The van der Waals surface area contributed by atoms with Crippen LogP contribution >= 0.6 is 0 Å². The molecule has 0 aromatic rings. The van der Waals surface area contributed by atoms with Gasteiger partial charge in [-0.1, -0.05) is 13.8 Å². The van der Waals surface area contributed by atoms with E-state index in [0.717, 1.165) is 0 Å². The second-order valence-electron chi connectivity index (χ2n) is 3.84. The van der Waals surface area contributed by atoms with Crippen LogP contribution in [0.25, 0.3) is 0 Å². The zero-order valence-corrected chi connectivity index (χ0v) is 8.82. The number of nitrogens with zero attached hydrogens (tertiary/aromatic N) is 1. The smallest absolute Gasteiger partial charge is 0.239 e. The minimum Gasteiger partial charge on any atom is -0.392 e. The monoisotopic (exact) mass is 188 g/mol. The first-order chi connectivity index (χ1) is 5.86. The fourth-order valence-corrected chi connectivity index (χ4v) is 1.03. The van der Waals surface area contributed by atoms with Gasteiger partial charge >= 0.3 is 0 Å². The maximum absolute atomic E-state index is 11.5. The summed E-state index contributed by atoms with van der Waals surface area (Å²) in [7, 11) is 1.65. The molecule has 2 atom stereocenters. The standard InChI is InChI=1S/C9H20N2O2/c1-6(2)8(10)9(13)11(4)5-7(3)12/h6-8,12H,5,10H2,1-4H3/t7?,8-/m1/s1. The summed E-state index contributed by atoms with van der Waals surface area (Å²) in [5.74, 6) is 0.0137. The van der Waals surface area contributed by atoms with E-state index < -0.39 is 12.1 Å². The summed E-state index contributed by atoms with van der Waals surface area (Å²) < 4.78 is 0. The molecule has 0 spiro atoms. The molecule has 0 aromatic heterocycles. The molecule has 0 heterocycles. The van der Waals surface area contributed by atoms with Gasteiger partial charge in [-0.3, -0.25) is 4.79 Å². The molecule has 4 nitrogen and oxygen atoms in total. The quantitative estimate of drug-likeness (QED) is 0.642. The van der Waals surface area contributed by atoms with Gasteiger partial charge in [-0.2, -0.15) is 0 Å². The highest BCUT2D eigenvalue weighted by molar-refractivity contribution is 5.81. The van der Waals surface area contributed by atoms with Gasteiger partial charge in [-0.25, -0.2) is 0 Å². The average Bonchev–Trinajstić information content (AvgIpc) is 2.00. The Hall–Kier alpha value is -0.610. The van der Waals surface area contributed by atoms with Gasteiger partial charge in [0.1, 0.15) is 0 Å². The molecule has 0 bridgehead atoms. The van der Waals surface area contributed by atoms with Crippen molar-refractivity contribution < 1.29 is 9.90 Å². The Kier molecular flexibility index (Phi) is 4.95. The largest absolute Gasteiger partial charge is 0.392 e. The van der Waals surface area contributed by atoms with Crippen LogP contribution in [0.5, 0.6) is 0 Å². The van der Waals surface area contributed by atoms with Crippen molar-refractivity contribution in [1.82, 2.24) is 4.90 Å². The zero-order valence-electron chi connectivity index (χ0n) is 8.82. The summed E-state index contributed by atoms with van der Waals surface area (Å²) in [6, 6.07) is -0.469. The lowest BCUT2D eigenvalue weighted by Gasteiger charge is -2.24. The summed E-state index contributed by atoms with van der Waals surface area (Å²) in [6.45, 7) is 5.78. The number of carbonyl (C=O) groups is 1. The van der Waals surface area contributed by atoms with Crippen molar-refractivity contribution in [3.63, 3.8) is 0 Å². The van der Waals surface area contributed by atoms with Crippen molar-refractivity contribution in [3.8, 4) is 0 Å². The van der Waals surface area contributed by atoms with Crippen LogP contribution in [-0.2, 0) is 4.79 Å². The number of hydrogen-bond acceptors (Lipinski definition) is 3. The Bertz CT molecular complexity index is 169. The molecule has 0 aliphatic rings. The predicted octanol–water partition coefficient (Wildman–Crippen LogP) is -0.191. The molecule has 0 aromatic carbocycles. The van der Waals surface area contributed by atoms with E-state index in [1.165, 1.54) is 4.90 Å². The summed E-state index contributed by atoms with van der Waals surface area (Å²) in [5, 5.41) is 9.06. The molecule has 0 rings (SSSR count). The molecule has 0 saturated carbocycles. The Morgan fingerprint density at radius 1 is 1.46 bits per heavy atom. The first kappa shape index (κ1) is 12.4. The van der Waals surface area contributed by atoms with Gasteiger partial charge in [0, 0.05) is 13.6 Å². The highest BCUT2D eigenvalue weighted by Gasteiger charge is 2.21. The number of nitrogens with two attached hydrogens (primary N) is 1. The number of aliphatic hydroxyl groups is 1. The van der Waals surface area contributed by atoms with E-state index in [1.807, 2.05) is 13.8 Å². The molecule has 0 aliphatic carbocycles. The molecule has 0 radical (unpaired) electrons. The summed E-state index contributed by atoms with van der Waals surface area (Å²) >= 11 is 0. The Labute approximate surface area is 79.7 Å². The van der Waals surface area contributed by atoms with Crippen LogP contribution in [0.3, 0.4) is 0 Å². The van der Waals surface area contributed by atoms with Crippen molar-refractivity contribution in [1.29, 1.82) is 0 Å². The zero-order chi connectivity index (χ0) is 10.6. The maximum atomic E-state index is 11.5. The van der Waals surface area contributed by atoms with E-state index in [0.29, 0.717) is 6.54 Å². The topological polar surface area (TPSA) is 66.6 Å². The second kappa shape index (κ2) is 5.19. The molecular weight excluding hydrogens is 168 g/mol. The lowest BCUT2D eigenvalue weighted by Crippen LogP contribution is -2.46. The van der Waals surface area contributed by atoms with Crippen LogP contribution in [0.4, 0.5) is 0 Å². The molecule has 3 N–H and O–H groups in total. The van der Waals surface area contributed by atoms with Gasteiger partial charge < -0.3 is 15.7 Å². The first-order valence-corrected chi connectivity index (χ1v) is 4.55. The fraction of sp³-hybridized carbons (Fsp3) is 0.889. The highest BCUT2D eigenvalue weighted by atomic mass is 16.3. The second-order valence-corrected chi connectivity index (χ2v) is 3.84. The molecule has 0 aliphatic heterocycles. The number of carbonyl (C=O) groups excluding carboxylic acids is 1. The van der Waals surface area contributed by atoms with Gasteiger partial charge in [0.25, 0.3) is 0 Å². The minimum atomic E-state index is -0.506. The predicted molar refractivity (Wildman–Crippen MR) is 52.1 cm³/mol. The van der Waals surface area contributed by atoms with Crippen LogP contribution < -0.4 is 5.73 Å². The molecule has 13 heavy (non-hydrogen) atoms. The Morgan fingerprint density at radius 3 is 2.23 bits per heavy atom. The van der Waals surface area contributed by atoms with E-state index in [9.17, 15) is 4.79 Å². The van der Waals surface area contributed by atoms with E-state index in [-0.39, 0.29) is 11.8 Å². The van der Waals surface area contributed by atoms with Crippen LogP contribution in [0.1, 0.15) is 20.8 Å². The van der Waals surface area contributed by atoms with Crippen molar-refractivity contribution in [2.75, 3.05) is 13.6 Å². The fourth-order valence-electron chi connectivity index (χ4n) is 1.03. The van der Waals surface area contributed by atoms with Gasteiger partial charge in [-0.15, -0.1) is 0 Å². The Balaban J connectivity index is 4.09. The van der Waals surface area contributed by atoms with Crippen molar-refractivity contribution in [3.05, 3.63) is 0 Å². The number of aliphatic hydroxyl groups excluding tert-OH is 1. The van der Waals surface area contributed by atoms with E-state index in [1.54, 1.807) is 14.0 Å². The maximum Gasteiger partial charge on any atom is 0.239 e. The summed E-state index contributed by atoms with van der Waals surface area (Å²) in [6.07, 6.45) is -0.506. The van der Waals surface area contributed by atoms with E-state index >= 15 is 0 Å². The lowest BCUT2D eigenvalue weighted by molar-refractivity contribution is -0.133. The van der Waals surface area contributed by atoms with Crippen LogP contribution in [0.2, 0.25) is 0 Å². The van der Waals surface area contributed by atoms with Crippen LogP contribution in [-0.4, -0.2) is 41.7 Å². The molecule has 78 valence electrons. The SMILES string of the molecule is CC(O)CN(C)C(=O)[C@H](N)C(C)C. The van der Waals surface area contributed by atoms with E-state index in [2.05, 4.69) is 0 Å². The minimum absolute atomic E-state index is 0.115.